The zero-order valence-corrected chi connectivity index (χ0v) is 14.9. The summed E-state index contributed by atoms with van der Waals surface area (Å²) in [5, 5.41) is 41.9. The van der Waals surface area contributed by atoms with Crippen LogP contribution >= 0.6 is 0 Å². The second-order valence-corrected chi connectivity index (χ2v) is 6.56. The maximum atomic E-state index is 12.6. The molecule has 2 aromatic heterocycles. The van der Waals surface area contributed by atoms with Gasteiger partial charge < -0.3 is 36.2 Å². The average Bonchev–Trinajstić information content (AvgIpc) is 3.23. The molecule has 0 saturated carbocycles. The van der Waals surface area contributed by atoms with Crippen molar-refractivity contribution in [1.29, 1.82) is 0 Å². The lowest BCUT2D eigenvalue weighted by Gasteiger charge is -2.23. The Bertz CT molecular complexity index is 1050. The summed E-state index contributed by atoms with van der Waals surface area (Å²) in [4.78, 5) is 24.8. The summed E-state index contributed by atoms with van der Waals surface area (Å²) in [5.74, 6) is -1.11. The summed E-state index contributed by atoms with van der Waals surface area (Å²) in [5.41, 5.74) is 6.41. The number of phenols is 2. The highest BCUT2D eigenvalue weighted by Gasteiger charge is 2.46. The molecule has 1 amide bonds. The van der Waals surface area contributed by atoms with Gasteiger partial charge >= 0.3 is 0 Å². The van der Waals surface area contributed by atoms with E-state index < -0.39 is 37.0 Å². The first kappa shape index (κ1) is 18.9. The molecular formula is C17H18N6O6. The van der Waals surface area contributed by atoms with Crippen LogP contribution in [0.1, 0.15) is 16.6 Å². The number of nitrogens with one attached hydrogen (secondary N) is 1. The number of aromatic hydroxyl groups is 2. The number of benzene rings is 1. The van der Waals surface area contributed by atoms with Gasteiger partial charge in [0.1, 0.15) is 41.6 Å². The number of carbonyl (C=O) groups is 1. The SMILES string of the molecule is Nc1ncnc2c1ncn2[C@@H]1O[C@H](CO)[C@@H](O)[C@H]1NC(=O)c1cc(O)cc(O)c1. The average molecular weight is 402 g/mol. The van der Waals surface area contributed by atoms with Crippen LogP contribution in [0.3, 0.4) is 0 Å². The van der Waals surface area contributed by atoms with E-state index in [1.54, 1.807) is 0 Å². The summed E-state index contributed by atoms with van der Waals surface area (Å²) in [6.45, 7) is -0.485. The number of aliphatic hydroxyl groups is 2. The Morgan fingerprint density at radius 2 is 1.93 bits per heavy atom. The topological polar surface area (TPSA) is 189 Å². The van der Waals surface area contributed by atoms with Gasteiger partial charge in [-0.2, -0.15) is 0 Å². The van der Waals surface area contributed by atoms with Crippen LogP contribution < -0.4 is 11.1 Å². The van der Waals surface area contributed by atoms with Gasteiger partial charge in [-0.05, 0) is 12.1 Å². The lowest BCUT2D eigenvalue weighted by molar-refractivity contribution is -0.0440. The van der Waals surface area contributed by atoms with Gasteiger partial charge in [-0.3, -0.25) is 9.36 Å². The van der Waals surface area contributed by atoms with Crippen LogP contribution in [-0.4, -0.2) is 70.7 Å². The Labute approximate surface area is 163 Å². The third-order valence-corrected chi connectivity index (χ3v) is 4.67. The van der Waals surface area contributed by atoms with E-state index in [0.29, 0.717) is 11.2 Å². The molecule has 0 aliphatic carbocycles. The fraction of sp³-hybridized carbons (Fsp3) is 0.294. The first-order valence-corrected chi connectivity index (χ1v) is 8.60. The van der Waals surface area contributed by atoms with Crippen LogP contribution in [-0.2, 0) is 4.74 Å². The molecule has 12 nitrogen and oxygen atoms in total. The molecule has 0 bridgehead atoms. The third kappa shape index (κ3) is 3.29. The van der Waals surface area contributed by atoms with Crippen molar-refractivity contribution in [2.75, 3.05) is 12.3 Å². The standard InChI is InChI=1S/C17H18N6O6/c18-14-12-15(20-5-19-14)23(6-21-12)17-11(13(27)10(4-24)29-17)22-16(28)7-1-8(25)3-9(26)2-7/h1-3,5-6,10-11,13,17,24-27H,4H2,(H,22,28)(H2,18,19,20)/t10-,11-,13-,17-/m1/s1. The van der Waals surface area contributed by atoms with Crippen molar-refractivity contribution in [3.63, 3.8) is 0 Å². The van der Waals surface area contributed by atoms with Crippen molar-refractivity contribution in [2.45, 2.75) is 24.5 Å². The van der Waals surface area contributed by atoms with Crippen LogP contribution in [0.15, 0.2) is 30.9 Å². The lowest BCUT2D eigenvalue weighted by atomic mass is 10.1. The number of ether oxygens (including phenoxy) is 1. The van der Waals surface area contributed by atoms with E-state index in [2.05, 4.69) is 20.3 Å². The number of phenolic OH excluding ortho intramolecular Hbond substituents is 2. The number of aromatic nitrogens is 4. The number of nitrogens with two attached hydrogens (primary N) is 1. The molecule has 4 rings (SSSR count). The number of imidazole rings is 1. The van der Waals surface area contributed by atoms with E-state index in [4.69, 9.17) is 10.5 Å². The molecule has 0 spiro atoms. The van der Waals surface area contributed by atoms with Crippen LogP contribution in [0.5, 0.6) is 11.5 Å². The van der Waals surface area contributed by atoms with Crippen molar-refractivity contribution in [2.24, 2.45) is 0 Å². The molecule has 1 fully saturated rings. The molecule has 29 heavy (non-hydrogen) atoms. The van der Waals surface area contributed by atoms with E-state index in [9.17, 15) is 25.2 Å². The Kier molecular flexibility index (Phi) is 4.66. The molecule has 7 N–H and O–H groups in total. The quantitative estimate of drug-likeness (QED) is 0.311. The smallest absolute Gasteiger partial charge is 0.252 e. The van der Waals surface area contributed by atoms with E-state index >= 15 is 0 Å². The highest BCUT2D eigenvalue weighted by atomic mass is 16.5. The maximum absolute atomic E-state index is 12.6. The van der Waals surface area contributed by atoms with Crippen LogP contribution in [0.2, 0.25) is 0 Å². The summed E-state index contributed by atoms with van der Waals surface area (Å²) in [6.07, 6.45) is -0.563. The number of anilines is 1. The molecule has 1 aromatic carbocycles. The summed E-state index contributed by atoms with van der Waals surface area (Å²) >= 11 is 0. The number of hydrogen-bond donors (Lipinski definition) is 6. The fourth-order valence-electron chi connectivity index (χ4n) is 3.31. The van der Waals surface area contributed by atoms with Crippen molar-refractivity contribution in [1.82, 2.24) is 24.8 Å². The van der Waals surface area contributed by atoms with Gasteiger partial charge in [-0.15, -0.1) is 0 Å². The number of nitrogens with zero attached hydrogens (tertiary/aromatic N) is 4. The predicted molar refractivity (Wildman–Crippen MR) is 97.8 cm³/mol. The minimum atomic E-state index is -1.25. The molecule has 12 heteroatoms. The highest BCUT2D eigenvalue weighted by molar-refractivity contribution is 5.95. The Morgan fingerprint density at radius 3 is 2.62 bits per heavy atom. The Hall–Kier alpha value is -3.48. The minimum absolute atomic E-state index is 0.0250. The van der Waals surface area contributed by atoms with Crippen molar-refractivity contribution in [3.8, 4) is 11.5 Å². The van der Waals surface area contributed by atoms with Gasteiger partial charge in [0, 0.05) is 11.6 Å². The molecule has 1 saturated heterocycles. The van der Waals surface area contributed by atoms with E-state index in [1.807, 2.05) is 0 Å². The van der Waals surface area contributed by atoms with Crippen molar-refractivity contribution < 1.29 is 30.0 Å². The molecule has 0 radical (unpaired) electrons. The normalized spacial score (nSPS) is 24.1. The number of aliphatic hydroxyl groups excluding tert-OH is 2. The molecule has 3 heterocycles. The van der Waals surface area contributed by atoms with Crippen LogP contribution in [0.4, 0.5) is 5.82 Å². The molecule has 3 aromatic rings. The van der Waals surface area contributed by atoms with Crippen molar-refractivity contribution >= 4 is 22.9 Å². The first-order valence-electron chi connectivity index (χ1n) is 8.60. The maximum Gasteiger partial charge on any atom is 0.252 e. The second kappa shape index (κ2) is 7.16. The zero-order valence-electron chi connectivity index (χ0n) is 14.9. The van der Waals surface area contributed by atoms with Gasteiger partial charge in [-0.1, -0.05) is 0 Å². The molecule has 152 valence electrons. The number of amides is 1. The van der Waals surface area contributed by atoms with Gasteiger partial charge in [0.25, 0.3) is 5.91 Å². The highest BCUT2D eigenvalue weighted by Crippen LogP contribution is 2.32. The molecule has 1 aliphatic heterocycles. The van der Waals surface area contributed by atoms with Gasteiger partial charge in [0.15, 0.2) is 17.7 Å². The molecule has 0 unspecified atom stereocenters. The Balaban J connectivity index is 1.69. The first-order chi connectivity index (χ1) is 13.9. The number of fused-ring (bicyclic) bond motifs is 1. The zero-order chi connectivity index (χ0) is 20.7. The van der Waals surface area contributed by atoms with E-state index in [0.717, 1.165) is 18.2 Å². The summed E-state index contributed by atoms with van der Waals surface area (Å²) < 4.78 is 7.19. The summed E-state index contributed by atoms with van der Waals surface area (Å²) in [7, 11) is 0. The van der Waals surface area contributed by atoms with Crippen LogP contribution in [0.25, 0.3) is 11.2 Å². The predicted octanol–water partition coefficient (Wildman–Crippen LogP) is -1.13. The second-order valence-electron chi connectivity index (χ2n) is 6.56. The van der Waals surface area contributed by atoms with Gasteiger partial charge in [0.05, 0.1) is 12.9 Å². The molecule has 1 aliphatic rings. The number of rotatable bonds is 4. The van der Waals surface area contributed by atoms with Crippen molar-refractivity contribution in [3.05, 3.63) is 36.4 Å². The number of nitrogen functional groups attached to an aromatic ring is 1. The minimum Gasteiger partial charge on any atom is -0.508 e. The van der Waals surface area contributed by atoms with Crippen LogP contribution in [0, 0.1) is 0 Å². The van der Waals surface area contributed by atoms with Gasteiger partial charge in [0.2, 0.25) is 0 Å². The molecule has 4 atom stereocenters. The fourth-order valence-corrected chi connectivity index (χ4v) is 3.31. The summed E-state index contributed by atoms with van der Waals surface area (Å²) in [6, 6.07) is 2.40. The Morgan fingerprint density at radius 1 is 1.21 bits per heavy atom. The van der Waals surface area contributed by atoms with E-state index in [-0.39, 0.29) is 22.9 Å². The number of carbonyl (C=O) groups excluding carboxylic acids is 1. The monoisotopic (exact) mass is 402 g/mol. The largest absolute Gasteiger partial charge is 0.508 e. The third-order valence-electron chi connectivity index (χ3n) is 4.67. The molecular weight excluding hydrogens is 384 g/mol. The van der Waals surface area contributed by atoms with Gasteiger partial charge in [-0.25, -0.2) is 15.0 Å². The van der Waals surface area contributed by atoms with E-state index in [1.165, 1.54) is 17.2 Å². The lowest BCUT2D eigenvalue weighted by Crippen LogP contribution is -2.46. The number of hydrogen-bond acceptors (Lipinski definition) is 10.